The third-order valence-corrected chi connectivity index (χ3v) is 5.52. The molecule has 0 aromatic carbocycles. The van der Waals surface area contributed by atoms with E-state index in [1.54, 1.807) is 0 Å². The molecule has 0 amide bonds. The average molecular weight is 367 g/mol. The minimum Gasteiger partial charge on any atom is -0.468 e. The van der Waals surface area contributed by atoms with Gasteiger partial charge in [0.05, 0.1) is 6.20 Å². The first-order valence-corrected chi connectivity index (χ1v) is 9.06. The molecule has 2 rings (SSSR count). The van der Waals surface area contributed by atoms with Crippen LogP contribution in [0.3, 0.4) is 0 Å². The maximum absolute atomic E-state index is 12.8. The SMILES string of the molecule is CCCN(C1CCNC1)S(=O)(=O)c1ccc(OCC(F)(F)F)nc1. The number of hydrogen-bond donors (Lipinski definition) is 1. The molecule has 2 heterocycles. The number of nitrogens with zero attached hydrogens (tertiary/aromatic N) is 2. The average Bonchev–Trinajstić information content (AvgIpc) is 3.04. The monoisotopic (exact) mass is 367 g/mol. The van der Waals surface area contributed by atoms with Gasteiger partial charge in [-0.25, -0.2) is 13.4 Å². The van der Waals surface area contributed by atoms with E-state index in [9.17, 15) is 21.6 Å². The molecule has 0 saturated carbocycles. The Morgan fingerprint density at radius 3 is 2.67 bits per heavy atom. The van der Waals surface area contributed by atoms with E-state index in [1.165, 1.54) is 10.4 Å². The molecule has 0 spiro atoms. The van der Waals surface area contributed by atoms with Crippen LogP contribution >= 0.6 is 0 Å². The van der Waals surface area contributed by atoms with Crippen molar-refractivity contribution >= 4 is 10.0 Å². The lowest BCUT2D eigenvalue weighted by atomic mass is 10.2. The zero-order valence-electron chi connectivity index (χ0n) is 13.2. The van der Waals surface area contributed by atoms with E-state index in [4.69, 9.17) is 0 Å². The molecule has 24 heavy (non-hydrogen) atoms. The standard InChI is InChI=1S/C14H20F3N3O3S/c1-2-7-20(11-5-6-18-8-11)24(21,22)12-3-4-13(19-9-12)23-10-14(15,16)17/h3-4,9,11,18H,2,5-8,10H2,1H3. The number of ether oxygens (including phenoxy) is 1. The number of pyridine rings is 1. The number of sulfonamides is 1. The summed E-state index contributed by atoms with van der Waals surface area (Å²) in [7, 11) is -3.75. The molecule has 1 aliphatic rings. The molecule has 1 aromatic rings. The molecule has 1 fully saturated rings. The van der Waals surface area contributed by atoms with Gasteiger partial charge in [-0.3, -0.25) is 0 Å². The number of hydrogen-bond acceptors (Lipinski definition) is 5. The lowest BCUT2D eigenvalue weighted by Crippen LogP contribution is -2.42. The second-order valence-corrected chi connectivity index (χ2v) is 7.39. The summed E-state index contributed by atoms with van der Waals surface area (Å²) in [5.41, 5.74) is 0. The zero-order chi connectivity index (χ0) is 17.8. The van der Waals surface area contributed by atoms with Crippen molar-refractivity contribution in [3.8, 4) is 5.88 Å². The van der Waals surface area contributed by atoms with Crippen molar-refractivity contribution < 1.29 is 26.3 Å². The van der Waals surface area contributed by atoms with Crippen molar-refractivity contribution in [1.82, 2.24) is 14.6 Å². The van der Waals surface area contributed by atoms with Gasteiger partial charge in [0.1, 0.15) is 4.90 Å². The maximum Gasteiger partial charge on any atom is 0.422 e. The topological polar surface area (TPSA) is 71.5 Å². The van der Waals surface area contributed by atoms with Crippen LogP contribution in [0.25, 0.3) is 0 Å². The molecule has 10 heteroatoms. The molecular weight excluding hydrogens is 347 g/mol. The van der Waals surface area contributed by atoms with Crippen molar-refractivity contribution in [2.75, 3.05) is 26.2 Å². The van der Waals surface area contributed by atoms with Gasteiger partial charge < -0.3 is 10.1 Å². The summed E-state index contributed by atoms with van der Waals surface area (Å²) in [5.74, 6) is -0.268. The van der Waals surface area contributed by atoms with Crippen LogP contribution < -0.4 is 10.1 Å². The van der Waals surface area contributed by atoms with E-state index in [1.807, 2.05) is 6.92 Å². The molecule has 6 nitrogen and oxygen atoms in total. The smallest absolute Gasteiger partial charge is 0.422 e. The third kappa shape index (κ3) is 4.81. The predicted molar refractivity (Wildman–Crippen MR) is 81.2 cm³/mol. The third-order valence-electron chi connectivity index (χ3n) is 3.59. The van der Waals surface area contributed by atoms with Crippen molar-refractivity contribution in [2.24, 2.45) is 0 Å². The van der Waals surface area contributed by atoms with Gasteiger partial charge in [-0.05, 0) is 25.5 Å². The van der Waals surface area contributed by atoms with Crippen LogP contribution in [0, 0.1) is 0 Å². The number of nitrogens with one attached hydrogen (secondary N) is 1. The Morgan fingerprint density at radius 2 is 2.17 bits per heavy atom. The van der Waals surface area contributed by atoms with Gasteiger partial charge in [0.25, 0.3) is 0 Å². The minimum absolute atomic E-state index is 0.0535. The maximum atomic E-state index is 12.8. The number of aromatic nitrogens is 1. The van der Waals surface area contributed by atoms with E-state index in [-0.39, 0.29) is 16.8 Å². The first kappa shape index (κ1) is 18.9. The Morgan fingerprint density at radius 1 is 1.42 bits per heavy atom. The van der Waals surface area contributed by atoms with Crippen LogP contribution in [-0.4, -0.2) is 56.2 Å². The molecule has 1 atom stereocenters. The summed E-state index contributed by atoms with van der Waals surface area (Å²) in [6.07, 6.45) is -2.05. The van der Waals surface area contributed by atoms with Crippen LogP contribution in [0.5, 0.6) is 5.88 Å². The molecule has 1 N–H and O–H groups in total. The fraction of sp³-hybridized carbons (Fsp3) is 0.643. The Balaban J connectivity index is 2.15. The van der Waals surface area contributed by atoms with Gasteiger partial charge in [0.15, 0.2) is 6.61 Å². The molecule has 136 valence electrons. The van der Waals surface area contributed by atoms with Crippen LogP contribution in [0.4, 0.5) is 13.2 Å². The van der Waals surface area contributed by atoms with Gasteiger partial charge in [-0.2, -0.15) is 17.5 Å². The van der Waals surface area contributed by atoms with Crippen LogP contribution in [-0.2, 0) is 10.0 Å². The quantitative estimate of drug-likeness (QED) is 0.796. The molecular formula is C14H20F3N3O3S. The fourth-order valence-electron chi connectivity index (χ4n) is 2.50. The summed E-state index contributed by atoms with van der Waals surface area (Å²) in [4.78, 5) is 3.62. The largest absolute Gasteiger partial charge is 0.468 e. The second kappa shape index (κ2) is 7.66. The molecule has 0 aliphatic carbocycles. The van der Waals surface area contributed by atoms with Crippen molar-refractivity contribution in [3.05, 3.63) is 18.3 Å². The van der Waals surface area contributed by atoms with E-state index in [0.29, 0.717) is 19.5 Å². The molecule has 1 aliphatic heterocycles. The van der Waals surface area contributed by atoms with Crippen molar-refractivity contribution in [1.29, 1.82) is 0 Å². The normalized spacial score (nSPS) is 19.0. The van der Waals surface area contributed by atoms with E-state index >= 15 is 0 Å². The Labute approximate surface area is 139 Å². The number of alkyl halides is 3. The molecule has 1 aromatic heterocycles. The van der Waals surface area contributed by atoms with Gasteiger partial charge in [0, 0.05) is 25.2 Å². The molecule has 0 radical (unpaired) electrons. The first-order valence-electron chi connectivity index (χ1n) is 7.62. The van der Waals surface area contributed by atoms with Gasteiger partial charge in [0.2, 0.25) is 15.9 Å². The van der Waals surface area contributed by atoms with E-state index < -0.39 is 22.8 Å². The molecule has 1 saturated heterocycles. The van der Waals surface area contributed by atoms with Crippen molar-refractivity contribution in [2.45, 2.75) is 36.9 Å². The highest BCUT2D eigenvalue weighted by atomic mass is 32.2. The van der Waals surface area contributed by atoms with Gasteiger partial charge >= 0.3 is 6.18 Å². The zero-order valence-corrected chi connectivity index (χ0v) is 14.0. The van der Waals surface area contributed by atoms with Gasteiger partial charge in [-0.1, -0.05) is 6.92 Å². The van der Waals surface area contributed by atoms with Gasteiger partial charge in [-0.15, -0.1) is 0 Å². The highest BCUT2D eigenvalue weighted by Crippen LogP contribution is 2.23. The number of rotatable bonds is 7. The van der Waals surface area contributed by atoms with Crippen LogP contribution in [0.1, 0.15) is 19.8 Å². The Hall–Kier alpha value is -1.39. The summed E-state index contributed by atoms with van der Waals surface area (Å²) in [5, 5.41) is 3.13. The highest BCUT2D eigenvalue weighted by molar-refractivity contribution is 7.89. The summed E-state index contributed by atoms with van der Waals surface area (Å²) in [6, 6.07) is 2.23. The number of halogens is 3. The Bertz CT molecular complexity index is 629. The lowest BCUT2D eigenvalue weighted by molar-refractivity contribution is -0.154. The summed E-state index contributed by atoms with van der Waals surface area (Å²) < 4.78 is 67.8. The Kier molecular flexibility index (Phi) is 6.05. The van der Waals surface area contributed by atoms with E-state index in [0.717, 1.165) is 25.2 Å². The fourth-order valence-corrected chi connectivity index (χ4v) is 4.19. The second-order valence-electron chi connectivity index (χ2n) is 5.50. The summed E-state index contributed by atoms with van der Waals surface area (Å²) >= 11 is 0. The van der Waals surface area contributed by atoms with Crippen LogP contribution in [0.15, 0.2) is 23.2 Å². The first-order chi connectivity index (χ1) is 11.2. The predicted octanol–water partition coefficient (Wildman–Crippen LogP) is 1.79. The van der Waals surface area contributed by atoms with Crippen molar-refractivity contribution in [3.63, 3.8) is 0 Å². The molecule has 1 unspecified atom stereocenters. The van der Waals surface area contributed by atoms with Crippen LogP contribution in [0.2, 0.25) is 0 Å². The minimum atomic E-state index is -4.47. The highest BCUT2D eigenvalue weighted by Gasteiger charge is 2.33. The lowest BCUT2D eigenvalue weighted by Gasteiger charge is -2.27. The van der Waals surface area contributed by atoms with E-state index in [2.05, 4.69) is 15.0 Å². The molecule has 0 bridgehead atoms. The summed E-state index contributed by atoms with van der Waals surface area (Å²) in [6.45, 7) is 2.13.